The number of aromatic amines is 1. The molecule has 2 heterocycles. The fraction of sp³-hybridized carbons (Fsp3) is 0. The molecule has 0 radical (unpaired) electrons. The summed E-state index contributed by atoms with van der Waals surface area (Å²) in [6.07, 6.45) is 5.68. The lowest BCUT2D eigenvalue weighted by atomic mass is 10.2. The summed E-state index contributed by atoms with van der Waals surface area (Å²) in [7, 11) is 0. The van der Waals surface area contributed by atoms with Gasteiger partial charge in [-0.1, -0.05) is 0 Å². The minimum atomic E-state index is -0.495. The topological polar surface area (TPSA) is 64.5 Å². The summed E-state index contributed by atoms with van der Waals surface area (Å²) in [5.41, 5.74) is 1.24. The molecule has 1 aliphatic heterocycles. The molecule has 1 N–H and O–H groups in total. The summed E-state index contributed by atoms with van der Waals surface area (Å²) in [4.78, 5) is 22.0. The van der Waals surface area contributed by atoms with Gasteiger partial charge in [-0.25, -0.2) is 4.79 Å². The van der Waals surface area contributed by atoms with E-state index in [1.165, 1.54) is 18.8 Å². The van der Waals surface area contributed by atoms with E-state index in [1.54, 1.807) is 6.08 Å². The normalized spacial score (nSPS) is 14.8. The van der Waals surface area contributed by atoms with Crippen molar-refractivity contribution in [2.75, 3.05) is 0 Å². The highest BCUT2D eigenvalue weighted by molar-refractivity contribution is 5.69. The molecule has 12 heavy (non-hydrogen) atoms. The fourth-order valence-electron chi connectivity index (χ4n) is 0.827. The number of hydrogen-bond acceptors (Lipinski definition) is 4. The van der Waals surface area contributed by atoms with Gasteiger partial charge in [0.2, 0.25) is 0 Å². The highest BCUT2D eigenvalue weighted by Crippen LogP contribution is 2.15. The average molecular weight is 167 g/mol. The van der Waals surface area contributed by atoms with Crippen molar-refractivity contribution in [3.63, 3.8) is 0 Å². The lowest BCUT2D eigenvalue weighted by Crippen LogP contribution is -1.97. The van der Waals surface area contributed by atoms with Crippen LogP contribution in [0.15, 0.2) is 34.1 Å². The van der Waals surface area contributed by atoms with Crippen molar-refractivity contribution in [3.8, 4) is 0 Å². The van der Waals surface area contributed by atoms with Crippen molar-refractivity contribution >= 4 is 5.57 Å². The molecule has 1 aromatic rings. The van der Waals surface area contributed by atoms with E-state index >= 15 is 0 Å². The second-order valence-corrected chi connectivity index (χ2v) is 2.13. The molecule has 0 saturated heterocycles. The number of oxazole rings is 1. The quantitative estimate of drug-likeness (QED) is 0.628. The Labute approximate surface area is 66.8 Å². The number of nitrogens with one attached hydrogen (secondary N) is 1. The summed E-state index contributed by atoms with van der Waals surface area (Å²) in [5.74, 6) is -0.495. The van der Waals surface area contributed by atoms with Gasteiger partial charge in [-0.2, -0.15) is 0 Å². The number of hydrogen-bond donors (Lipinski definition) is 1. The molecule has 2 rings (SSSR count). The molecular formula is C7H5NO4. The van der Waals surface area contributed by atoms with E-state index in [4.69, 9.17) is 0 Å². The molecule has 1 aromatic heterocycles. The summed E-state index contributed by atoms with van der Waals surface area (Å²) < 4.78 is 4.54. The van der Waals surface area contributed by atoms with E-state index in [1.807, 2.05) is 0 Å². The van der Waals surface area contributed by atoms with E-state index in [-0.39, 0.29) is 0 Å². The zero-order valence-corrected chi connectivity index (χ0v) is 5.94. The van der Waals surface area contributed by atoms with Gasteiger partial charge >= 0.3 is 5.76 Å². The number of aromatic nitrogens is 1. The van der Waals surface area contributed by atoms with Gasteiger partial charge in [0.05, 0.1) is 5.69 Å². The van der Waals surface area contributed by atoms with Crippen LogP contribution in [0.25, 0.3) is 5.57 Å². The van der Waals surface area contributed by atoms with Crippen molar-refractivity contribution < 1.29 is 14.2 Å². The van der Waals surface area contributed by atoms with Crippen LogP contribution >= 0.6 is 0 Å². The van der Waals surface area contributed by atoms with Crippen molar-refractivity contribution in [1.82, 2.24) is 4.98 Å². The Bertz CT molecular complexity index is 384. The minimum Gasteiger partial charge on any atom is -0.416 e. The number of H-pyrrole nitrogens is 1. The summed E-state index contributed by atoms with van der Waals surface area (Å²) in [6.45, 7) is 0. The molecule has 5 nitrogen and oxygen atoms in total. The predicted molar refractivity (Wildman–Crippen MR) is 38.6 cm³/mol. The predicted octanol–water partition coefficient (Wildman–Crippen LogP) is 0.784. The van der Waals surface area contributed by atoms with E-state index in [2.05, 4.69) is 19.2 Å². The first-order valence-electron chi connectivity index (χ1n) is 3.23. The van der Waals surface area contributed by atoms with E-state index in [0.29, 0.717) is 11.3 Å². The third kappa shape index (κ3) is 1.12. The summed E-state index contributed by atoms with van der Waals surface area (Å²) in [6, 6.07) is 0. The Kier molecular flexibility index (Phi) is 1.48. The molecular weight excluding hydrogens is 162 g/mol. The smallest absolute Gasteiger partial charge is 0.416 e. The Morgan fingerprint density at radius 3 is 2.83 bits per heavy atom. The van der Waals surface area contributed by atoms with Gasteiger partial charge in [0.1, 0.15) is 12.5 Å². The van der Waals surface area contributed by atoms with Gasteiger partial charge in [-0.15, -0.1) is 0 Å². The maximum atomic E-state index is 10.6. The first kappa shape index (κ1) is 6.78. The molecule has 1 aliphatic rings. The molecule has 0 amide bonds. The molecule has 0 saturated carbocycles. The maximum Gasteiger partial charge on any atom is 0.416 e. The van der Waals surface area contributed by atoms with Crippen LogP contribution in [0.1, 0.15) is 5.69 Å². The Morgan fingerprint density at radius 1 is 1.33 bits per heavy atom. The van der Waals surface area contributed by atoms with Crippen molar-refractivity contribution in [2.24, 2.45) is 0 Å². The lowest BCUT2D eigenvalue weighted by Gasteiger charge is -2.03. The van der Waals surface area contributed by atoms with Crippen LogP contribution in [-0.4, -0.2) is 4.98 Å². The number of allylic oxidation sites excluding steroid dienone is 2. The standard InChI is InChI=1S/C7H5NO4/c9-7-8-6(4-10-7)5-1-2-11-12-3-5/h1-4H,(H,8,9). The van der Waals surface area contributed by atoms with Crippen LogP contribution in [0.3, 0.4) is 0 Å². The monoisotopic (exact) mass is 167 g/mol. The van der Waals surface area contributed by atoms with Gasteiger partial charge in [0.25, 0.3) is 0 Å². The molecule has 0 aromatic carbocycles. The van der Waals surface area contributed by atoms with Crippen LogP contribution in [0.2, 0.25) is 0 Å². The highest BCUT2D eigenvalue weighted by Gasteiger charge is 2.05. The van der Waals surface area contributed by atoms with Gasteiger partial charge in [-0.3, -0.25) is 14.8 Å². The first-order chi connectivity index (χ1) is 5.86. The molecule has 0 spiro atoms. The van der Waals surface area contributed by atoms with Crippen LogP contribution in [0.4, 0.5) is 0 Å². The molecule has 0 atom stereocenters. The Hall–Kier alpha value is -1.91. The van der Waals surface area contributed by atoms with E-state index < -0.39 is 5.76 Å². The van der Waals surface area contributed by atoms with Crippen LogP contribution in [0.5, 0.6) is 0 Å². The Morgan fingerprint density at radius 2 is 2.25 bits per heavy atom. The molecule has 62 valence electrons. The zero-order chi connectivity index (χ0) is 8.39. The van der Waals surface area contributed by atoms with Gasteiger partial charge in [-0.05, 0) is 6.08 Å². The van der Waals surface area contributed by atoms with Crippen LogP contribution in [0, 0.1) is 0 Å². The van der Waals surface area contributed by atoms with Gasteiger partial charge in [0.15, 0.2) is 6.26 Å². The second-order valence-electron chi connectivity index (χ2n) is 2.13. The molecule has 0 bridgehead atoms. The molecule has 5 heteroatoms. The van der Waals surface area contributed by atoms with Crippen molar-refractivity contribution in [3.05, 3.63) is 41.1 Å². The molecule has 0 unspecified atom stereocenters. The zero-order valence-electron chi connectivity index (χ0n) is 5.94. The van der Waals surface area contributed by atoms with Gasteiger partial charge < -0.3 is 4.42 Å². The summed E-state index contributed by atoms with van der Waals surface area (Å²) in [5, 5.41) is 0. The van der Waals surface area contributed by atoms with E-state index in [9.17, 15) is 4.79 Å². The molecule has 0 fully saturated rings. The second kappa shape index (κ2) is 2.61. The fourth-order valence-corrected chi connectivity index (χ4v) is 0.827. The Balaban J connectivity index is 2.36. The van der Waals surface area contributed by atoms with Crippen molar-refractivity contribution in [2.45, 2.75) is 0 Å². The highest BCUT2D eigenvalue weighted by atomic mass is 17.2. The average Bonchev–Trinajstić information content (AvgIpc) is 2.54. The van der Waals surface area contributed by atoms with Gasteiger partial charge in [0, 0.05) is 5.57 Å². The van der Waals surface area contributed by atoms with E-state index in [0.717, 1.165) is 0 Å². The largest absolute Gasteiger partial charge is 0.416 e. The molecule has 0 aliphatic carbocycles. The lowest BCUT2D eigenvalue weighted by molar-refractivity contribution is -0.197. The van der Waals surface area contributed by atoms with Crippen LogP contribution in [-0.2, 0) is 9.78 Å². The maximum absolute atomic E-state index is 10.6. The number of rotatable bonds is 1. The SMILES string of the molecule is O=c1[nH]c(C2=COOC=C2)co1. The van der Waals surface area contributed by atoms with Crippen molar-refractivity contribution in [1.29, 1.82) is 0 Å². The summed E-state index contributed by atoms with van der Waals surface area (Å²) >= 11 is 0. The minimum absolute atomic E-state index is 0.495. The third-order valence-corrected chi connectivity index (χ3v) is 1.37. The van der Waals surface area contributed by atoms with Crippen LogP contribution < -0.4 is 5.76 Å². The first-order valence-corrected chi connectivity index (χ1v) is 3.23. The third-order valence-electron chi connectivity index (χ3n) is 1.37.